The fourth-order valence-electron chi connectivity index (χ4n) is 1.82. The van der Waals surface area contributed by atoms with Crippen molar-refractivity contribution in [1.82, 2.24) is 0 Å². The van der Waals surface area contributed by atoms with Gasteiger partial charge in [0.05, 0.1) is 6.54 Å². The van der Waals surface area contributed by atoms with Gasteiger partial charge in [0.15, 0.2) is 0 Å². The molecule has 0 aliphatic heterocycles. The molecule has 0 saturated carbocycles. The van der Waals surface area contributed by atoms with Crippen LogP contribution in [0.5, 0.6) is 5.75 Å². The van der Waals surface area contributed by atoms with Crippen LogP contribution in [0.15, 0.2) is 53.0 Å². The van der Waals surface area contributed by atoms with Gasteiger partial charge in [0.25, 0.3) is 0 Å². The maximum absolute atomic E-state index is 5.94. The number of anilines is 1. The highest BCUT2D eigenvalue weighted by Gasteiger charge is 2.06. The van der Waals surface area contributed by atoms with Crippen LogP contribution in [0.2, 0.25) is 0 Å². The zero-order valence-corrected chi connectivity index (χ0v) is 12.8. The van der Waals surface area contributed by atoms with E-state index in [2.05, 4.69) is 53.3 Å². The van der Waals surface area contributed by atoms with Gasteiger partial charge in [-0.1, -0.05) is 34.1 Å². The third-order valence-corrected chi connectivity index (χ3v) is 3.33. The quantitative estimate of drug-likeness (QED) is 0.867. The van der Waals surface area contributed by atoms with Crippen LogP contribution >= 0.6 is 15.9 Å². The number of hydrogen-bond acceptors (Lipinski definition) is 2. The third-order valence-electron chi connectivity index (χ3n) is 2.83. The molecule has 2 aromatic carbocycles. The number of para-hydroxylation sites is 1. The molecule has 0 aromatic heterocycles. The van der Waals surface area contributed by atoms with E-state index < -0.39 is 0 Å². The summed E-state index contributed by atoms with van der Waals surface area (Å²) in [5.41, 5.74) is 2.26. The number of nitrogens with one attached hydrogen (secondary N) is 1. The van der Waals surface area contributed by atoms with Crippen LogP contribution in [0.25, 0.3) is 0 Å². The first-order valence-electron chi connectivity index (χ1n) is 6.37. The van der Waals surface area contributed by atoms with Gasteiger partial charge in [0.1, 0.15) is 11.9 Å². The lowest BCUT2D eigenvalue weighted by Gasteiger charge is -2.17. The summed E-state index contributed by atoms with van der Waals surface area (Å²) in [6.07, 6.45) is 0.111. The van der Waals surface area contributed by atoms with Gasteiger partial charge in [-0.3, -0.25) is 0 Å². The Morgan fingerprint density at radius 2 is 1.89 bits per heavy atom. The molecule has 3 heteroatoms. The van der Waals surface area contributed by atoms with Gasteiger partial charge < -0.3 is 10.1 Å². The average Bonchev–Trinajstić information content (AvgIpc) is 2.41. The molecule has 0 heterocycles. The highest BCUT2D eigenvalue weighted by atomic mass is 79.9. The van der Waals surface area contributed by atoms with Crippen LogP contribution in [0.1, 0.15) is 12.5 Å². The Morgan fingerprint density at radius 1 is 1.16 bits per heavy atom. The number of hydrogen-bond donors (Lipinski definition) is 1. The van der Waals surface area contributed by atoms with E-state index in [1.165, 1.54) is 0 Å². The molecule has 0 bridgehead atoms. The summed E-state index contributed by atoms with van der Waals surface area (Å²) in [6.45, 7) is 4.90. The fraction of sp³-hybridized carbons (Fsp3) is 0.250. The lowest BCUT2D eigenvalue weighted by molar-refractivity contribution is 0.233. The summed E-state index contributed by atoms with van der Waals surface area (Å²) in [5.74, 6) is 0.936. The molecule has 2 aromatic rings. The van der Waals surface area contributed by atoms with Crippen molar-refractivity contribution < 1.29 is 4.74 Å². The molecule has 1 N–H and O–H groups in total. The Morgan fingerprint density at radius 3 is 2.58 bits per heavy atom. The topological polar surface area (TPSA) is 21.3 Å². The second-order valence-corrected chi connectivity index (χ2v) is 5.50. The van der Waals surface area contributed by atoms with Gasteiger partial charge in [-0.15, -0.1) is 0 Å². The van der Waals surface area contributed by atoms with E-state index in [-0.39, 0.29) is 6.10 Å². The largest absolute Gasteiger partial charge is 0.489 e. The van der Waals surface area contributed by atoms with E-state index in [4.69, 9.17) is 4.74 Å². The maximum Gasteiger partial charge on any atom is 0.122 e. The summed E-state index contributed by atoms with van der Waals surface area (Å²) in [5, 5.41) is 3.36. The predicted molar refractivity (Wildman–Crippen MR) is 83.9 cm³/mol. The van der Waals surface area contributed by atoms with Gasteiger partial charge >= 0.3 is 0 Å². The molecule has 19 heavy (non-hydrogen) atoms. The van der Waals surface area contributed by atoms with E-state index in [9.17, 15) is 0 Å². The van der Waals surface area contributed by atoms with Crippen molar-refractivity contribution in [3.05, 3.63) is 58.6 Å². The zero-order valence-electron chi connectivity index (χ0n) is 11.2. The van der Waals surface area contributed by atoms with Crippen LogP contribution in [-0.4, -0.2) is 12.6 Å². The van der Waals surface area contributed by atoms with Gasteiger partial charge in [-0.05, 0) is 49.7 Å². The van der Waals surface area contributed by atoms with Gasteiger partial charge in [0.2, 0.25) is 0 Å². The summed E-state index contributed by atoms with van der Waals surface area (Å²) in [7, 11) is 0. The highest BCUT2D eigenvalue weighted by molar-refractivity contribution is 9.10. The number of ether oxygens (including phenoxy) is 1. The predicted octanol–water partition coefficient (Wildman–Crippen LogP) is 4.64. The van der Waals surface area contributed by atoms with Crippen LogP contribution in [0.4, 0.5) is 5.69 Å². The van der Waals surface area contributed by atoms with Crippen molar-refractivity contribution >= 4 is 21.6 Å². The Balaban J connectivity index is 1.89. The molecule has 2 nitrogen and oxygen atoms in total. The molecule has 0 radical (unpaired) electrons. The molecule has 100 valence electrons. The molecule has 0 aliphatic carbocycles. The van der Waals surface area contributed by atoms with E-state index in [1.54, 1.807) is 0 Å². The van der Waals surface area contributed by atoms with Crippen LogP contribution in [-0.2, 0) is 0 Å². The van der Waals surface area contributed by atoms with E-state index >= 15 is 0 Å². The van der Waals surface area contributed by atoms with E-state index in [0.717, 1.165) is 28.0 Å². The minimum absolute atomic E-state index is 0.111. The zero-order chi connectivity index (χ0) is 13.7. The molecule has 0 fully saturated rings. The highest BCUT2D eigenvalue weighted by Crippen LogP contribution is 2.23. The Kier molecular flexibility index (Phi) is 4.86. The lowest BCUT2D eigenvalue weighted by atomic mass is 10.2. The fourth-order valence-corrected chi connectivity index (χ4v) is 2.30. The first-order chi connectivity index (χ1) is 9.15. The molecule has 0 spiro atoms. The summed E-state index contributed by atoms with van der Waals surface area (Å²) >= 11 is 3.46. The molecular formula is C16H18BrNO. The molecule has 0 saturated heterocycles. The van der Waals surface area contributed by atoms with Crippen molar-refractivity contribution in [3.8, 4) is 5.75 Å². The molecule has 1 unspecified atom stereocenters. The SMILES string of the molecule is Cc1cc(Br)ccc1OC(C)CNc1ccccc1. The monoisotopic (exact) mass is 319 g/mol. The van der Waals surface area contributed by atoms with Crippen LogP contribution < -0.4 is 10.1 Å². The second-order valence-electron chi connectivity index (χ2n) is 4.59. The third kappa shape index (κ3) is 4.28. The summed E-state index contributed by atoms with van der Waals surface area (Å²) in [6, 6.07) is 16.2. The lowest BCUT2D eigenvalue weighted by Crippen LogP contribution is -2.22. The normalized spacial score (nSPS) is 11.9. The molecule has 0 aliphatic rings. The molecule has 1 atom stereocenters. The smallest absolute Gasteiger partial charge is 0.122 e. The standard InChI is InChI=1S/C16H18BrNO/c1-12-10-14(17)8-9-16(12)19-13(2)11-18-15-6-4-3-5-7-15/h3-10,13,18H,11H2,1-2H3. The summed E-state index contributed by atoms with van der Waals surface area (Å²) < 4.78 is 7.01. The van der Waals surface area contributed by atoms with Crippen molar-refractivity contribution in [1.29, 1.82) is 0 Å². The number of halogens is 1. The first kappa shape index (κ1) is 13.9. The van der Waals surface area contributed by atoms with Crippen LogP contribution in [0, 0.1) is 6.92 Å². The van der Waals surface area contributed by atoms with Gasteiger partial charge in [0, 0.05) is 10.2 Å². The van der Waals surface area contributed by atoms with Crippen LogP contribution in [0.3, 0.4) is 0 Å². The van der Waals surface area contributed by atoms with E-state index in [1.807, 2.05) is 30.3 Å². The van der Waals surface area contributed by atoms with Crippen molar-refractivity contribution in [3.63, 3.8) is 0 Å². The Labute approximate surface area is 122 Å². The number of rotatable bonds is 5. The Bertz CT molecular complexity index is 528. The van der Waals surface area contributed by atoms with E-state index in [0.29, 0.717) is 0 Å². The molecular weight excluding hydrogens is 302 g/mol. The average molecular weight is 320 g/mol. The van der Waals surface area contributed by atoms with Gasteiger partial charge in [-0.25, -0.2) is 0 Å². The number of benzene rings is 2. The number of aryl methyl sites for hydroxylation is 1. The first-order valence-corrected chi connectivity index (χ1v) is 7.16. The second kappa shape index (κ2) is 6.62. The maximum atomic E-state index is 5.94. The Hall–Kier alpha value is -1.48. The molecule has 2 rings (SSSR count). The minimum Gasteiger partial charge on any atom is -0.489 e. The van der Waals surface area contributed by atoms with Crippen molar-refractivity contribution in [2.75, 3.05) is 11.9 Å². The molecule has 0 amide bonds. The summed E-state index contributed by atoms with van der Waals surface area (Å²) in [4.78, 5) is 0. The van der Waals surface area contributed by atoms with Crippen molar-refractivity contribution in [2.45, 2.75) is 20.0 Å². The van der Waals surface area contributed by atoms with Crippen molar-refractivity contribution in [2.24, 2.45) is 0 Å². The minimum atomic E-state index is 0.111. The van der Waals surface area contributed by atoms with Gasteiger partial charge in [-0.2, -0.15) is 0 Å².